The molecule has 16 aliphatic rings. The van der Waals surface area contributed by atoms with Gasteiger partial charge in [-0.3, -0.25) is 0 Å². The van der Waals surface area contributed by atoms with Crippen LogP contribution in [-0.4, -0.2) is 34.4 Å². The van der Waals surface area contributed by atoms with Crippen LogP contribution in [0.2, 0.25) is 0 Å². The van der Waals surface area contributed by atoms with E-state index in [1.807, 2.05) is 243 Å². The molecule has 0 N–H and O–H groups in total. The minimum Gasteiger partial charge on any atom is -0.872 e. The molecule has 11 aromatic rings. The number of aromatic nitrogens is 2. The Morgan fingerprint density at radius 2 is 0.326 bits per heavy atom. The van der Waals surface area contributed by atoms with Gasteiger partial charge in [-0.15, -0.1) is 24.4 Å². The van der Waals surface area contributed by atoms with Gasteiger partial charge >= 0.3 is 43.4 Å². The van der Waals surface area contributed by atoms with Crippen LogP contribution in [0.5, 0.6) is 23.0 Å². The number of nitrogens with zero attached hydrogens (tertiary/aromatic N) is 2. The van der Waals surface area contributed by atoms with Crippen molar-refractivity contribution in [2.24, 2.45) is 71.0 Å². The van der Waals surface area contributed by atoms with Crippen molar-refractivity contribution in [3.63, 3.8) is 0 Å². The predicted molar refractivity (Wildman–Crippen MR) is 519 cm³/mol. The molecule has 0 saturated heterocycles. The van der Waals surface area contributed by atoms with Gasteiger partial charge in [-0.1, -0.05) is 343 Å². The molecule has 12 heteroatoms. The first-order valence-electron chi connectivity index (χ1n) is 49.3. The number of hydrogen-bond donors (Lipinski definition) is 0. The standard InChI is InChI=1S/2C39H45NO2.5C6H6.4C3H7O.2Ti/c2*1-22-6-30(36(41)32(8-22)38-16-24-10-25(17-38)12-26(11-24)18-38)34-4-3-5-35(40-34)31-7-23(2)9-33(37(31)42)39-19-27-13-28(20-39)15-29(14-27)21-39;5*1-2-4-6-5-3-1;4*1-3(2)4;;/h2*3-9,24-29,41-42H,10-21H2,1-2H3;5*1-6H;4*3H,1-2H3;;/q;;;;;;;4*-1;2*+4/p-4. The number of rotatable bonds is 8. The van der Waals surface area contributed by atoms with E-state index in [9.17, 15) is 40.9 Å². The van der Waals surface area contributed by atoms with Gasteiger partial charge in [-0.05, 0) is 343 Å². The maximum absolute atomic E-state index is 14.3. The average molecular weight is 1840 g/mol. The number of pyridine rings is 2. The van der Waals surface area contributed by atoms with Crippen molar-refractivity contribution < 1.29 is 84.3 Å². The molecule has 10 nitrogen and oxygen atoms in total. The van der Waals surface area contributed by atoms with Gasteiger partial charge in [0.1, 0.15) is 0 Å². The Balaban J connectivity index is 0.000000171. The van der Waals surface area contributed by atoms with Crippen molar-refractivity contribution >= 4 is 0 Å². The Morgan fingerprint density at radius 3 is 0.439 bits per heavy atom. The van der Waals surface area contributed by atoms with Gasteiger partial charge in [-0.2, -0.15) is 0 Å². The van der Waals surface area contributed by atoms with Crippen molar-refractivity contribution in [2.75, 3.05) is 0 Å². The fourth-order valence-corrected chi connectivity index (χ4v) is 26.6. The van der Waals surface area contributed by atoms with Crippen LogP contribution in [0, 0.1) is 98.7 Å². The fraction of sp³-hybridized carbons (Fsp3) is 0.467. The molecule has 0 unspecified atom stereocenters. The average Bonchev–Trinajstić information content (AvgIpc) is 0.739. The molecule has 27 rings (SSSR count). The molecule has 0 spiro atoms. The SMILES string of the molecule is CC(C)[O-].CC(C)[O-].CC(C)[O-].CC(C)[O-].Cc1cc(-c2cccc(-c3cc(C)cc(C45CC6CC(CC(C6)C4)C5)c3[O-])n2)c([O-])c(C23CC4CC(CC(C4)C2)C3)c1.Cc1cc(-c2cccc(-c3cc(C)cc(C45CC6CC(CC(C6)C4)C5)c3[O-])n2)c([O-])c(C23CC4CC(CC(C4)C2)C3)c1.[Ti+4].[Ti+4].c1ccccc1.c1ccccc1.c1ccccc1.c1ccccc1.c1ccccc1. The molecule has 2 heterocycles. The maximum Gasteiger partial charge on any atom is 4.00 e. The first kappa shape index (κ1) is 104. The summed E-state index contributed by atoms with van der Waals surface area (Å²) in [5, 5.41) is 95.4. The zero-order valence-corrected chi connectivity index (χ0v) is 83.9. The first-order valence-corrected chi connectivity index (χ1v) is 49.3. The normalized spacial score (nSPS) is 26.8. The predicted octanol–water partition coefficient (Wildman–Crippen LogP) is 23.7. The van der Waals surface area contributed by atoms with Crippen LogP contribution in [0.15, 0.2) is 267 Å². The third-order valence-electron chi connectivity index (χ3n) is 29.3. The van der Waals surface area contributed by atoms with E-state index in [1.165, 1.54) is 154 Å². The van der Waals surface area contributed by atoms with E-state index in [0.29, 0.717) is 45.0 Å². The van der Waals surface area contributed by atoms with Gasteiger partial charge < -0.3 is 40.9 Å². The summed E-state index contributed by atoms with van der Waals surface area (Å²) in [6.45, 7) is 21.4. The van der Waals surface area contributed by atoms with Gasteiger partial charge in [0.25, 0.3) is 0 Å². The van der Waals surface area contributed by atoms with E-state index in [1.54, 1.807) is 55.4 Å². The van der Waals surface area contributed by atoms with Gasteiger partial charge in [0.15, 0.2) is 0 Å². The maximum atomic E-state index is 14.3. The van der Waals surface area contributed by atoms with E-state index in [2.05, 4.69) is 52.0 Å². The second kappa shape index (κ2) is 48.5. The van der Waals surface area contributed by atoms with Crippen LogP contribution < -0.4 is 40.9 Å². The summed E-state index contributed by atoms with van der Waals surface area (Å²) < 4.78 is 0. The van der Waals surface area contributed by atoms with Crippen LogP contribution in [0.3, 0.4) is 0 Å². The molecule has 0 aliphatic heterocycles. The van der Waals surface area contributed by atoms with Crippen molar-refractivity contribution in [1.29, 1.82) is 0 Å². The first-order chi connectivity index (χ1) is 62.4. The molecule has 0 radical (unpaired) electrons. The molecule has 16 saturated carbocycles. The molecule has 132 heavy (non-hydrogen) atoms. The van der Waals surface area contributed by atoms with Crippen molar-refractivity contribution in [3.8, 4) is 68.0 Å². The monoisotopic (exact) mass is 1840 g/mol. The second-order valence-electron chi connectivity index (χ2n) is 42.3. The molecule has 0 atom stereocenters. The van der Waals surface area contributed by atoms with Crippen LogP contribution in [0.1, 0.15) is 254 Å². The van der Waals surface area contributed by atoms with Crippen LogP contribution in [-0.2, 0) is 65.1 Å². The Hall–Kier alpha value is -8.25. The summed E-state index contributed by atoms with van der Waals surface area (Å²) in [6, 6.07) is 88.9. The van der Waals surface area contributed by atoms with Crippen molar-refractivity contribution in [3.05, 3.63) is 311 Å². The van der Waals surface area contributed by atoms with E-state index < -0.39 is 24.4 Å². The topological polar surface area (TPSA) is 210 Å². The van der Waals surface area contributed by atoms with Gasteiger partial charge in [0, 0.05) is 0 Å². The van der Waals surface area contributed by atoms with Gasteiger partial charge in [-0.25, -0.2) is 9.97 Å². The zero-order chi connectivity index (χ0) is 92.3. The summed E-state index contributed by atoms with van der Waals surface area (Å²) in [4.78, 5) is 10.2. The summed E-state index contributed by atoms with van der Waals surface area (Å²) in [6.07, 6.45) is 28.9. The van der Waals surface area contributed by atoms with E-state index >= 15 is 0 Å². The largest absolute Gasteiger partial charge is 4.00 e. The third kappa shape index (κ3) is 27.6. The van der Waals surface area contributed by atoms with E-state index in [0.717, 1.165) is 116 Å². The number of hydrogen-bond acceptors (Lipinski definition) is 10. The van der Waals surface area contributed by atoms with Crippen LogP contribution >= 0.6 is 0 Å². The summed E-state index contributed by atoms with van der Waals surface area (Å²) >= 11 is 0. The minimum absolute atomic E-state index is 0. The Labute approximate surface area is 821 Å². The van der Waals surface area contributed by atoms with Gasteiger partial charge in [0.2, 0.25) is 0 Å². The van der Waals surface area contributed by atoms with Crippen molar-refractivity contribution in [1.82, 2.24) is 9.97 Å². The molecule has 690 valence electrons. The van der Waals surface area contributed by atoms with Crippen LogP contribution in [0.25, 0.3) is 45.0 Å². The molecule has 16 bridgehead atoms. The molecule has 9 aromatic carbocycles. The molecule has 0 amide bonds. The quantitative estimate of drug-likeness (QED) is 0.131. The smallest absolute Gasteiger partial charge is 0.872 e. The molecule has 2 aromatic heterocycles. The fourth-order valence-electron chi connectivity index (χ4n) is 26.6. The van der Waals surface area contributed by atoms with E-state index in [-0.39, 0.29) is 88.1 Å². The zero-order valence-electron chi connectivity index (χ0n) is 80.8. The molecular formula is C120H144N2O8Ti2. The molecule has 16 aliphatic carbocycles. The summed E-state index contributed by atoms with van der Waals surface area (Å²) in [5.74, 6) is 10.2. The molecular weight excluding hydrogens is 1690 g/mol. The third-order valence-corrected chi connectivity index (χ3v) is 29.3. The minimum atomic E-state index is -0.417. The van der Waals surface area contributed by atoms with Gasteiger partial charge in [0.05, 0.1) is 22.8 Å². The van der Waals surface area contributed by atoms with Crippen LogP contribution in [0.4, 0.5) is 0 Å². The number of aryl methyl sites for hydroxylation is 4. The molecule has 16 fully saturated rings. The Morgan fingerprint density at radius 1 is 0.212 bits per heavy atom. The Kier molecular flexibility index (Phi) is 38.3. The second-order valence-corrected chi connectivity index (χ2v) is 42.3. The number of benzene rings is 9. The Bertz CT molecular complexity index is 4350. The van der Waals surface area contributed by atoms with E-state index in [4.69, 9.17) is 9.97 Å². The summed E-state index contributed by atoms with van der Waals surface area (Å²) in [7, 11) is 0. The summed E-state index contributed by atoms with van der Waals surface area (Å²) in [5.41, 5.74) is 14.7. The van der Waals surface area contributed by atoms with Crippen molar-refractivity contribution in [2.45, 2.75) is 283 Å².